The molecule has 1 aliphatic rings. The average molecular weight is 383 g/mol. The van der Waals surface area contributed by atoms with E-state index in [9.17, 15) is 14.0 Å². The predicted octanol–water partition coefficient (Wildman–Crippen LogP) is 3.43. The number of halogens is 1. The smallest absolute Gasteiger partial charge is 0.251 e. The lowest BCUT2D eigenvalue weighted by Crippen LogP contribution is -2.33. The van der Waals surface area contributed by atoms with Gasteiger partial charge in [0.05, 0.1) is 6.54 Å². The van der Waals surface area contributed by atoms with Gasteiger partial charge < -0.3 is 10.6 Å². The maximum Gasteiger partial charge on any atom is 0.251 e. The van der Waals surface area contributed by atoms with E-state index in [-0.39, 0.29) is 18.0 Å². The molecule has 1 aliphatic heterocycles. The molecule has 0 aromatic heterocycles. The predicted molar refractivity (Wildman–Crippen MR) is 107 cm³/mol. The van der Waals surface area contributed by atoms with Gasteiger partial charge in [-0.15, -0.1) is 0 Å². The van der Waals surface area contributed by atoms with Crippen LogP contribution in [0.15, 0.2) is 48.5 Å². The summed E-state index contributed by atoms with van der Waals surface area (Å²) in [6.45, 7) is 5.29. The quantitative estimate of drug-likeness (QED) is 0.803. The summed E-state index contributed by atoms with van der Waals surface area (Å²) in [6, 6.07) is 13.1. The van der Waals surface area contributed by atoms with E-state index in [1.807, 2.05) is 24.3 Å². The van der Waals surface area contributed by atoms with E-state index in [2.05, 4.69) is 22.5 Å². The molecule has 148 valence electrons. The molecular formula is C22H26FN3O2. The van der Waals surface area contributed by atoms with Crippen LogP contribution in [0, 0.1) is 11.7 Å². The zero-order valence-corrected chi connectivity index (χ0v) is 16.1. The molecule has 28 heavy (non-hydrogen) atoms. The van der Waals surface area contributed by atoms with E-state index in [0.29, 0.717) is 5.69 Å². The fourth-order valence-electron chi connectivity index (χ4n) is 3.48. The molecule has 0 aliphatic carbocycles. The van der Waals surface area contributed by atoms with Crippen molar-refractivity contribution in [2.45, 2.75) is 26.3 Å². The van der Waals surface area contributed by atoms with Crippen molar-refractivity contribution in [1.29, 1.82) is 0 Å². The van der Waals surface area contributed by atoms with Crippen molar-refractivity contribution in [2.24, 2.45) is 5.92 Å². The molecule has 1 saturated heterocycles. The lowest BCUT2D eigenvalue weighted by molar-refractivity contribution is -0.115. The van der Waals surface area contributed by atoms with Crippen LogP contribution in [0.1, 0.15) is 35.7 Å². The molecular weight excluding hydrogens is 357 g/mol. The minimum absolute atomic E-state index is 0.178. The Labute approximate surface area is 164 Å². The molecule has 1 atom stereocenters. The number of benzene rings is 2. The number of likely N-dealkylation sites (tertiary alicyclic amines) is 1. The van der Waals surface area contributed by atoms with Crippen molar-refractivity contribution in [3.63, 3.8) is 0 Å². The lowest BCUT2D eigenvalue weighted by Gasteiger charge is -2.30. The second-order valence-corrected chi connectivity index (χ2v) is 7.42. The largest absolute Gasteiger partial charge is 0.343 e. The molecule has 2 amide bonds. The van der Waals surface area contributed by atoms with Crippen LogP contribution in [0.2, 0.25) is 0 Å². The first-order valence-corrected chi connectivity index (χ1v) is 9.64. The molecule has 2 aromatic rings. The third-order valence-corrected chi connectivity index (χ3v) is 4.88. The van der Waals surface area contributed by atoms with Crippen molar-refractivity contribution in [3.05, 3.63) is 65.5 Å². The SMILES string of the molecule is CC1CCCN(Cc2ccc(NC(=O)CNC(=O)c3cccc(F)c3)cc2)C1. The highest BCUT2D eigenvalue weighted by molar-refractivity contribution is 5.99. The summed E-state index contributed by atoms with van der Waals surface area (Å²) in [4.78, 5) is 26.5. The molecule has 3 rings (SSSR count). The fourth-order valence-corrected chi connectivity index (χ4v) is 3.48. The number of amides is 2. The minimum Gasteiger partial charge on any atom is -0.343 e. The fraction of sp³-hybridized carbons (Fsp3) is 0.364. The first-order chi connectivity index (χ1) is 13.5. The van der Waals surface area contributed by atoms with Crippen LogP contribution in [-0.4, -0.2) is 36.3 Å². The molecule has 1 unspecified atom stereocenters. The maximum absolute atomic E-state index is 13.2. The van der Waals surface area contributed by atoms with Gasteiger partial charge in [-0.1, -0.05) is 25.1 Å². The van der Waals surface area contributed by atoms with Crippen molar-refractivity contribution >= 4 is 17.5 Å². The Morgan fingerprint density at radius 3 is 2.68 bits per heavy atom. The first kappa shape index (κ1) is 20.0. The molecule has 2 N–H and O–H groups in total. The molecule has 0 radical (unpaired) electrons. The number of hydrogen-bond acceptors (Lipinski definition) is 3. The van der Waals surface area contributed by atoms with E-state index in [0.717, 1.165) is 31.6 Å². The first-order valence-electron chi connectivity index (χ1n) is 9.64. The van der Waals surface area contributed by atoms with Crippen LogP contribution in [0.4, 0.5) is 10.1 Å². The Balaban J connectivity index is 1.45. The van der Waals surface area contributed by atoms with E-state index in [1.165, 1.54) is 36.6 Å². The highest BCUT2D eigenvalue weighted by atomic mass is 19.1. The van der Waals surface area contributed by atoms with Gasteiger partial charge >= 0.3 is 0 Å². The number of piperidine rings is 1. The molecule has 0 spiro atoms. The number of rotatable bonds is 6. The second kappa shape index (κ2) is 9.46. The van der Waals surface area contributed by atoms with E-state index < -0.39 is 11.7 Å². The Morgan fingerprint density at radius 2 is 1.96 bits per heavy atom. The Kier molecular flexibility index (Phi) is 6.76. The highest BCUT2D eigenvalue weighted by Crippen LogP contribution is 2.18. The third kappa shape index (κ3) is 5.89. The maximum atomic E-state index is 13.2. The van der Waals surface area contributed by atoms with Gasteiger partial charge in [0.2, 0.25) is 5.91 Å². The Bertz CT molecular complexity index is 823. The molecule has 2 aromatic carbocycles. The van der Waals surface area contributed by atoms with Crippen LogP contribution >= 0.6 is 0 Å². The molecule has 6 heteroatoms. The van der Waals surface area contributed by atoms with Gasteiger partial charge in [-0.25, -0.2) is 4.39 Å². The minimum atomic E-state index is -0.490. The number of nitrogens with one attached hydrogen (secondary N) is 2. The zero-order valence-electron chi connectivity index (χ0n) is 16.1. The summed E-state index contributed by atoms with van der Waals surface area (Å²) in [5, 5.41) is 5.25. The number of carbonyl (C=O) groups is 2. The number of anilines is 1. The standard InChI is InChI=1S/C22H26FN3O2/c1-16-4-3-11-26(14-16)15-17-7-9-20(10-8-17)25-21(27)13-24-22(28)18-5-2-6-19(23)12-18/h2,5-10,12,16H,3-4,11,13-15H2,1H3,(H,24,28)(H,25,27). The molecule has 0 bridgehead atoms. The van der Waals surface area contributed by atoms with Gasteiger partial charge in [-0.3, -0.25) is 14.5 Å². The van der Waals surface area contributed by atoms with Crippen molar-refractivity contribution < 1.29 is 14.0 Å². The van der Waals surface area contributed by atoms with Gasteiger partial charge in [0.25, 0.3) is 5.91 Å². The second-order valence-electron chi connectivity index (χ2n) is 7.42. The van der Waals surface area contributed by atoms with Gasteiger partial charge in [-0.2, -0.15) is 0 Å². The molecule has 1 fully saturated rings. The normalized spacial score (nSPS) is 17.1. The van der Waals surface area contributed by atoms with Crippen LogP contribution in [0.3, 0.4) is 0 Å². The van der Waals surface area contributed by atoms with Gasteiger partial charge in [0.15, 0.2) is 0 Å². The summed E-state index contributed by atoms with van der Waals surface area (Å²) in [6.07, 6.45) is 2.55. The summed E-state index contributed by atoms with van der Waals surface area (Å²) in [5.74, 6) is -0.561. The van der Waals surface area contributed by atoms with Crippen LogP contribution < -0.4 is 10.6 Å². The highest BCUT2D eigenvalue weighted by Gasteiger charge is 2.16. The molecule has 1 heterocycles. The van der Waals surface area contributed by atoms with Gasteiger partial charge in [0, 0.05) is 24.3 Å². The monoisotopic (exact) mass is 383 g/mol. The summed E-state index contributed by atoms with van der Waals surface area (Å²) in [5.41, 5.74) is 2.08. The van der Waals surface area contributed by atoms with Gasteiger partial charge in [-0.05, 0) is 61.2 Å². The zero-order chi connectivity index (χ0) is 19.9. The van der Waals surface area contributed by atoms with Crippen molar-refractivity contribution in [3.8, 4) is 0 Å². The van der Waals surface area contributed by atoms with E-state index in [4.69, 9.17) is 0 Å². The van der Waals surface area contributed by atoms with Crippen molar-refractivity contribution in [1.82, 2.24) is 10.2 Å². The number of nitrogens with zero attached hydrogens (tertiary/aromatic N) is 1. The van der Waals surface area contributed by atoms with Crippen molar-refractivity contribution in [2.75, 3.05) is 25.0 Å². The molecule has 0 saturated carbocycles. The summed E-state index contributed by atoms with van der Waals surface area (Å²) in [7, 11) is 0. The third-order valence-electron chi connectivity index (χ3n) is 4.88. The topological polar surface area (TPSA) is 61.4 Å². The van der Waals surface area contributed by atoms with E-state index >= 15 is 0 Å². The number of carbonyl (C=O) groups excluding carboxylic acids is 2. The van der Waals surface area contributed by atoms with Gasteiger partial charge in [0.1, 0.15) is 5.82 Å². The number of hydrogen-bond donors (Lipinski definition) is 2. The van der Waals surface area contributed by atoms with E-state index in [1.54, 1.807) is 0 Å². The Morgan fingerprint density at radius 1 is 1.18 bits per heavy atom. The summed E-state index contributed by atoms with van der Waals surface area (Å²) < 4.78 is 13.2. The van der Waals surface area contributed by atoms with Crippen LogP contribution in [-0.2, 0) is 11.3 Å². The van der Waals surface area contributed by atoms with Crippen LogP contribution in [0.5, 0.6) is 0 Å². The van der Waals surface area contributed by atoms with Crippen LogP contribution in [0.25, 0.3) is 0 Å². The molecule has 5 nitrogen and oxygen atoms in total. The lowest BCUT2D eigenvalue weighted by atomic mass is 10.00. The summed E-state index contributed by atoms with van der Waals surface area (Å²) >= 11 is 0. The average Bonchev–Trinajstić information content (AvgIpc) is 2.68. The Hall–Kier alpha value is -2.73.